The number of carbonyl (C=O) groups is 3. The molecule has 21 heavy (non-hydrogen) atoms. The summed E-state index contributed by atoms with van der Waals surface area (Å²) in [5.41, 5.74) is 0.400. The molecular weight excluding hydrogens is 272 g/mol. The summed E-state index contributed by atoms with van der Waals surface area (Å²) in [6.07, 6.45) is 6.73. The van der Waals surface area contributed by atoms with E-state index >= 15 is 0 Å². The SMILES string of the molecule is C/C=C/C1=CC(=C2C(=O)N(C)C(=O)N(C)C2=O)C=C(C)O1. The molecular formula is C15H16N2O4. The number of nitrogens with zero attached hydrogens (tertiary/aromatic N) is 2. The van der Waals surface area contributed by atoms with Crippen LogP contribution in [0.1, 0.15) is 13.8 Å². The second kappa shape index (κ2) is 5.40. The fourth-order valence-corrected chi connectivity index (χ4v) is 2.12. The molecule has 2 heterocycles. The van der Waals surface area contributed by atoms with Crippen LogP contribution in [0, 0.1) is 0 Å². The number of carbonyl (C=O) groups excluding carboxylic acids is 3. The number of ether oxygens (including phenoxy) is 1. The highest BCUT2D eigenvalue weighted by Gasteiger charge is 2.39. The third-order valence-electron chi connectivity index (χ3n) is 3.17. The van der Waals surface area contributed by atoms with Crippen molar-refractivity contribution in [3.63, 3.8) is 0 Å². The van der Waals surface area contributed by atoms with Gasteiger partial charge in [-0.15, -0.1) is 0 Å². The van der Waals surface area contributed by atoms with Gasteiger partial charge in [-0.3, -0.25) is 19.4 Å². The van der Waals surface area contributed by atoms with Gasteiger partial charge in [0.15, 0.2) is 0 Å². The molecule has 0 bridgehead atoms. The van der Waals surface area contributed by atoms with E-state index < -0.39 is 17.8 Å². The van der Waals surface area contributed by atoms with E-state index in [1.165, 1.54) is 14.1 Å². The monoisotopic (exact) mass is 288 g/mol. The summed E-state index contributed by atoms with van der Waals surface area (Å²) in [5, 5.41) is 0. The van der Waals surface area contributed by atoms with E-state index in [4.69, 9.17) is 4.74 Å². The van der Waals surface area contributed by atoms with E-state index in [9.17, 15) is 14.4 Å². The smallest absolute Gasteiger partial charge is 0.333 e. The summed E-state index contributed by atoms with van der Waals surface area (Å²) in [6.45, 7) is 3.56. The number of rotatable bonds is 1. The molecule has 2 rings (SSSR count). The summed E-state index contributed by atoms with van der Waals surface area (Å²) in [5.74, 6) is -0.126. The van der Waals surface area contributed by atoms with Crippen LogP contribution in [-0.4, -0.2) is 41.7 Å². The topological polar surface area (TPSA) is 66.9 Å². The molecule has 0 unspecified atom stereocenters. The van der Waals surface area contributed by atoms with Crippen LogP contribution in [0.3, 0.4) is 0 Å². The first-order valence-corrected chi connectivity index (χ1v) is 6.41. The van der Waals surface area contributed by atoms with Gasteiger partial charge < -0.3 is 4.74 Å². The van der Waals surface area contributed by atoms with Crippen LogP contribution in [0.25, 0.3) is 0 Å². The van der Waals surface area contributed by atoms with Crippen molar-refractivity contribution in [3.05, 3.63) is 47.0 Å². The summed E-state index contributed by atoms with van der Waals surface area (Å²) >= 11 is 0. The molecule has 0 radical (unpaired) electrons. The largest absolute Gasteiger partial charge is 0.462 e. The lowest BCUT2D eigenvalue weighted by molar-refractivity contribution is -0.134. The van der Waals surface area contributed by atoms with Crippen LogP contribution in [-0.2, 0) is 14.3 Å². The lowest BCUT2D eigenvalue weighted by Gasteiger charge is -2.30. The minimum atomic E-state index is -0.639. The quantitative estimate of drug-likeness (QED) is 0.544. The van der Waals surface area contributed by atoms with Crippen molar-refractivity contribution in [2.45, 2.75) is 13.8 Å². The van der Waals surface area contributed by atoms with Gasteiger partial charge in [0.2, 0.25) is 0 Å². The van der Waals surface area contributed by atoms with Crippen LogP contribution in [0.4, 0.5) is 4.79 Å². The Bertz CT molecular complexity index is 627. The summed E-state index contributed by atoms with van der Waals surface area (Å²) in [6, 6.07) is -0.639. The number of likely N-dealkylation sites (N-methyl/N-ethyl adjacent to an activating group) is 2. The molecule has 4 amide bonds. The van der Waals surface area contributed by atoms with Gasteiger partial charge in [-0.25, -0.2) is 4.79 Å². The zero-order valence-corrected chi connectivity index (χ0v) is 12.3. The average molecular weight is 288 g/mol. The fraction of sp³-hybridized carbons (Fsp3) is 0.267. The first-order chi connectivity index (χ1) is 9.86. The molecule has 2 aliphatic heterocycles. The first-order valence-electron chi connectivity index (χ1n) is 6.41. The van der Waals surface area contributed by atoms with Gasteiger partial charge >= 0.3 is 6.03 Å². The van der Waals surface area contributed by atoms with Crippen LogP contribution >= 0.6 is 0 Å². The number of allylic oxidation sites excluding steroid dienone is 6. The Morgan fingerprint density at radius 3 is 2.14 bits per heavy atom. The van der Waals surface area contributed by atoms with Gasteiger partial charge in [0.1, 0.15) is 17.1 Å². The third kappa shape index (κ3) is 2.52. The van der Waals surface area contributed by atoms with Gasteiger partial charge in [-0.2, -0.15) is 0 Å². The summed E-state index contributed by atoms with van der Waals surface area (Å²) in [4.78, 5) is 38.1. The van der Waals surface area contributed by atoms with Crippen LogP contribution < -0.4 is 0 Å². The van der Waals surface area contributed by atoms with Crippen molar-refractivity contribution in [1.29, 1.82) is 0 Å². The average Bonchev–Trinajstić information content (AvgIpc) is 2.43. The van der Waals surface area contributed by atoms with Crippen LogP contribution in [0.2, 0.25) is 0 Å². The number of hydrogen-bond acceptors (Lipinski definition) is 4. The number of barbiturate groups is 1. The number of amides is 4. The van der Waals surface area contributed by atoms with E-state index in [1.807, 2.05) is 6.92 Å². The maximum Gasteiger partial charge on any atom is 0.333 e. The van der Waals surface area contributed by atoms with Crippen LogP contribution in [0.15, 0.2) is 47.0 Å². The maximum atomic E-state index is 12.2. The highest BCUT2D eigenvalue weighted by atomic mass is 16.5. The van der Waals surface area contributed by atoms with Crippen molar-refractivity contribution in [2.75, 3.05) is 14.1 Å². The Morgan fingerprint density at radius 1 is 1.05 bits per heavy atom. The van der Waals surface area contributed by atoms with Gasteiger partial charge in [0, 0.05) is 14.1 Å². The van der Waals surface area contributed by atoms with Crippen LogP contribution in [0.5, 0.6) is 0 Å². The Morgan fingerprint density at radius 2 is 1.62 bits per heavy atom. The second-order valence-electron chi connectivity index (χ2n) is 4.75. The third-order valence-corrected chi connectivity index (χ3v) is 3.17. The van der Waals surface area contributed by atoms with Gasteiger partial charge in [-0.1, -0.05) is 6.08 Å². The summed E-state index contributed by atoms with van der Waals surface area (Å²) in [7, 11) is 2.70. The molecule has 2 aliphatic rings. The number of urea groups is 1. The van der Waals surface area contributed by atoms with Crippen molar-refractivity contribution < 1.29 is 19.1 Å². The Labute approximate surface area is 122 Å². The van der Waals surface area contributed by atoms with E-state index in [0.717, 1.165) is 9.80 Å². The summed E-state index contributed by atoms with van der Waals surface area (Å²) < 4.78 is 5.48. The highest BCUT2D eigenvalue weighted by molar-refractivity contribution is 6.29. The zero-order valence-electron chi connectivity index (χ0n) is 12.3. The molecule has 0 aromatic rings. The number of imide groups is 2. The molecule has 6 nitrogen and oxygen atoms in total. The Kier molecular flexibility index (Phi) is 3.80. The van der Waals surface area contributed by atoms with E-state index in [0.29, 0.717) is 17.1 Å². The molecule has 0 atom stereocenters. The molecule has 6 heteroatoms. The fourth-order valence-electron chi connectivity index (χ4n) is 2.12. The minimum Gasteiger partial charge on any atom is -0.462 e. The van der Waals surface area contributed by atoms with E-state index in [-0.39, 0.29) is 5.57 Å². The molecule has 0 aromatic heterocycles. The Balaban J connectivity index is 2.59. The lowest BCUT2D eigenvalue weighted by Crippen LogP contribution is -2.53. The lowest BCUT2D eigenvalue weighted by atomic mass is 10.0. The molecule has 1 fully saturated rings. The number of hydrogen-bond donors (Lipinski definition) is 0. The highest BCUT2D eigenvalue weighted by Crippen LogP contribution is 2.26. The molecule has 110 valence electrons. The molecule has 0 N–H and O–H groups in total. The predicted molar refractivity (Wildman–Crippen MR) is 75.7 cm³/mol. The standard InChI is InChI=1S/C15H16N2O4/c1-5-6-11-8-10(7-9(2)21-11)12-13(18)16(3)15(20)17(4)14(12)19/h5-8H,1-4H3/b6-5+. The Hall–Kier alpha value is -2.63. The van der Waals surface area contributed by atoms with Gasteiger partial charge in [0.25, 0.3) is 11.8 Å². The molecule has 0 spiro atoms. The maximum absolute atomic E-state index is 12.2. The van der Waals surface area contributed by atoms with Crippen molar-refractivity contribution in [2.24, 2.45) is 0 Å². The van der Waals surface area contributed by atoms with Gasteiger partial charge in [-0.05, 0) is 37.6 Å². The van der Waals surface area contributed by atoms with E-state index in [1.54, 1.807) is 31.2 Å². The first kappa shape index (κ1) is 14.8. The van der Waals surface area contributed by atoms with Crippen molar-refractivity contribution >= 4 is 17.8 Å². The van der Waals surface area contributed by atoms with Gasteiger partial charge in [0.05, 0.1) is 0 Å². The van der Waals surface area contributed by atoms with Crippen molar-refractivity contribution in [1.82, 2.24) is 9.80 Å². The van der Waals surface area contributed by atoms with E-state index in [2.05, 4.69) is 0 Å². The predicted octanol–water partition coefficient (Wildman–Crippen LogP) is 1.73. The zero-order chi connectivity index (χ0) is 15.7. The normalized spacial score (nSPS) is 20.1. The molecule has 1 saturated heterocycles. The second-order valence-corrected chi connectivity index (χ2v) is 4.75. The van der Waals surface area contributed by atoms with Crippen molar-refractivity contribution in [3.8, 4) is 0 Å². The molecule has 0 aromatic carbocycles. The minimum absolute atomic E-state index is 0.0377. The molecule has 0 saturated carbocycles. The molecule has 0 aliphatic carbocycles.